The fourth-order valence-corrected chi connectivity index (χ4v) is 5.04. The minimum Gasteiger partial charge on any atom is -0.394 e. The van der Waals surface area contributed by atoms with E-state index in [1.54, 1.807) is 6.08 Å². The molecular formula is C43H67NO8. The van der Waals surface area contributed by atoms with Crippen molar-refractivity contribution in [3.63, 3.8) is 0 Å². The molecule has 0 aromatic carbocycles. The summed E-state index contributed by atoms with van der Waals surface area (Å²) in [6, 6.07) is -0.873. The highest BCUT2D eigenvalue weighted by molar-refractivity contribution is 5.76. The van der Waals surface area contributed by atoms with Crippen molar-refractivity contribution in [3.8, 4) is 0 Å². The number of hydrogen-bond donors (Lipinski definition) is 6. The third kappa shape index (κ3) is 23.4. The smallest absolute Gasteiger partial charge is 0.220 e. The Morgan fingerprint density at radius 1 is 0.635 bits per heavy atom. The van der Waals surface area contributed by atoms with Gasteiger partial charge in [0.15, 0.2) is 6.29 Å². The molecule has 0 spiro atoms. The molecule has 0 aromatic heterocycles. The van der Waals surface area contributed by atoms with Crippen molar-refractivity contribution in [1.82, 2.24) is 5.32 Å². The molecule has 9 heteroatoms. The minimum atomic E-state index is -1.59. The summed E-state index contributed by atoms with van der Waals surface area (Å²) < 4.78 is 11.1. The zero-order valence-electron chi connectivity index (χ0n) is 31.5. The van der Waals surface area contributed by atoms with Gasteiger partial charge in [-0.3, -0.25) is 4.79 Å². The Morgan fingerprint density at radius 2 is 1.08 bits per heavy atom. The van der Waals surface area contributed by atoms with E-state index in [1.165, 1.54) is 0 Å². The van der Waals surface area contributed by atoms with Crippen molar-refractivity contribution < 1.29 is 39.8 Å². The van der Waals surface area contributed by atoms with Crippen LogP contribution in [0, 0.1) is 0 Å². The highest BCUT2D eigenvalue weighted by atomic mass is 16.7. The number of unbranched alkanes of at least 4 members (excludes halogenated alkanes) is 2. The SMILES string of the molecule is CC/C=C\C/C=C\C/C=C\C/C=C\C/C=C\C/C=C\CCC(=O)NC(COC1OC(CO)C(O)C(O)C1O)C(O)/C=C/CC/C=C/CC/C=C/CC. The number of carbonyl (C=O) groups is 1. The van der Waals surface area contributed by atoms with Crippen LogP contribution in [-0.4, -0.2) is 87.5 Å². The topological polar surface area (TPSA) is 149 Å². The average Bonchev–Trinajstić information content (AvgIpc) is 3.14. The number of ether oxygens (including phenoxy) is 2. The molecule has 0 aliphatic carbocycles. The van der Waals surface area contributed by atoms with Crippen LogP contribution in [0.4, 0.5) is 0 Å². The van der Waals surface area contributed by atoms with Gasteiger partial charge in [0.25, 0.3) is 0 Å². The molecule has 0 aromatic rings. The van der Waals surface area contributed by atoms with Crippen LogP contribution in [0.25, 0.3) is 0 Å². The number of carbonyl (C=O) groups excluding carboxylic acids is 1. The number of hydrogen-bond acceptors (Lipinski definition) is 8. The van der Waals surface area contributed by atoms with Crippen molar-refractivity contribution in [2.45, 2.75) is 140 Å². The Labute approximate surface area is 313 Å². The second-order valence-electron chi connectivity index (χ2n) is 12.6. The second-order valence-corrected chi connectivity index (χ2v) is 12.6. The highest BCUT2D eigenvalue weighted by Gasteiger charge is 2.44. The van der Waals surface area contributed by atoms with Gasteiger partial charge >= 0.3 is 0 Å². The van der Waals surface area contributed by atoms with E-state index in [1.807, 2.05) is 18.2 Å². The van der Waals surface area contributed by atoms with Crippen molar-refractivity contribution in [3.05, 3.63) is 109 Å². The first-order valence-electron chi connectivity index (χ1n) is 19.1. The molecule has 0 bridgehead atoms. The lowest BCUT2D eigenvalue weighted by molar-refractivity contribution is -0.302. The molecular weight excluding hydrogens is 658 g/mol. The van der Waals surface area contributed by atoms with Gasteiger partial charge in [-0.2, -0.15) is 0 Å². The van der Waals surface area contributed by atoms with Crippen LogP contribution >= 0.6 is 0 Å². The molecule has 7 atom stereocenters. The van der Waals surface area contributed by atoms with Crippen molar-refractivity contribution >= 4 is 5.91 Å². The van der Waals surface area contributed by atoms with E-state index in [0.29, 0.717) is 12.8 Å². The largest absolute Gasteiger partial charge is 0.394 e. The normalized spacial score (nSPS) is 23.1. The summed E-state index contributed by atoms with van der Waals surface area (Å²) in [6.45, 7) is 3.41. The van der Waals surface area contributed by atoms with Gasteiger partial charge in [0, 0.05) is 6.42 Å². The molecule has 7 unspecified atom stereocenters. The maximum Gasteiger partial charge on any atom is 0.220 e. The molecule has 292 valence electrons. The molecule has 1 fully saturated rings. The molecule has 6 N–H and O–H groups in total. The van der Waals surface area contributed by atoms with Gasteiger partial charge in [-0.15, -0.1) is 0 Å². The third-order valence-electron chi connectivity index (χ3n) is 8.08. The molecule has 1 heterocycles. The third-order valence-corrected chi connectivity index (χ3v) is 8.08. The van der Waals surface area contributed by atoms with Gasteiger partial charge < -0.3 is 40.3 Å². The minimum absolute atomic E-state index is 0.202. The van der Waals surface area contributed by atoms with Gasteiger partial charge in [-0.25, -0.2) is 0 Å². The fourth-order valence-electron chi connectivity index (χ4n) is 5.04. The summed E-state index contributed by atoms with van der Waals surface area (Å²) in [5.41, 5.74) is 0. The van der Waals surface area contributed by atoms with Crippen molar-refractivity contribution in [2.24, 2.45) is 0 Å². The van der Waals surface area contributed by atoms with E-state index < -0.39 is 49.5 Å². The van der Waals surface area contributed by atoms with Gasteiger partial charge in [-0.1, -0.05) is 123 Å². The maximum atomic E-state index is 12.8. The Kier molecular flexibility index (Phi) is 29.3. The number of amides is 1. The molecule has 9 nitrogen and oxygen atoms in total. The highest BCUT2D eigenvalue weighted by Crippen LogP contribution is 2.22. The Bertz CT molecular complexity index is 1170. The van der Waals surface area contributed by atoms with E-state index in [9.17, 15) is 30.3 Å². The molecule has 1 rings (SSSR count). The zero-order chi connectivity index (χ0) is 38.1. The van der Waals surface area contributed by atoms with Gasteiger partial charge in [0.2, 0.25) is 5.91 Å². The lowest BCUT2D eigenvalue weighted by Gasteiger charge is -2.40. The second kappa shape index (κ2) is 32.5. The maximum absolute atomic E-state index is 12.8. The van der Waals surface area contributed by atoms with Crippen LogP contribution in [0.1, 0.15) is 97.3 Å². The first-order valence-corrected chi connectivity index (χ1v) is 19.1. The summed E-state index contributed by atoms with van der Waals surface area (Å²) in [6.07, 6.45) is 40.1. The molecule has 1 aliphatic heterocycles. The molecule has 1 saturated heterocycles. The first-order chi connectivity index (χ1) is 25.3. The molecule has 1 aliphatic rings. The van der Waals surface area contributed by atoms with Crippen LogP contribution in [0.15, 0.2) is 109 Å². The van der Waals surface area contributed by atoms with E-state index in [4.69, 9.17) is 9.47 Å². The van der Waals surface area contributed by atoms with E-state index >= 15 is 0 Å². The first kappa shape index (κ1) is 46.9. The monoisotopic (exact) mass is 725 g/mol. The van der Waals surface area contributed by atoms with E-state index in [0.717, 1.165) is 64.2 Å². The molecule has 0 radical (unpaired) electrons. The zero-order valence-corrected chi connectivity index (χ0v) is 31.5. The molecule has 52 heavy (non-hydrogen) atoms. The molecule has 0 saturated carbocycles. The van der Waals surface area contributed by atoms with Crippen molar-refractivity contribution in [2.75, 3.05) is 13.2 Å². The van der Waals surface area contributed by atoms with Crippen LogP contribution in [0.2, 0.25) is 0 Å². The van der Waals surface area contributed by atoms with Crippen LogP contribution in [0.5, 0.6) is 0 Å². The summed E-state index contributed by atoms with van der Waals surface area (Å²) in [4.78, 5) is 12.8. The number of nitrogens with one attached hydrogen (secondary N) is 1. The molecule has 1 amide bonds. The van der Waals surface area contributed by atoms with Crippen LogP contribution < -0.4 is 5.32 Å². The van der Waals surface area contributed by atoms with Gasteiger partial charge in [0.1, 0.15) is 24.4 Å². The predicted octanol–water partition coefficient (Wildman–Crippen LogP) is 6.77. The predicted molar refractivity (Wildman–Crippen MR) is 211 cm³/mol. The summed E-state index contributed by atoms with van der Waals surface area (Å²) in [7, 11) is 0. The lowest BCUT2D eigenvalue weighted by Crippen LogP contribution is -2.60. The van der Waals surface area contributed by atoms with Crippen LogP contribution in [-0.2, 0) is 14.3 Å². The summed E-state index contributed by atoms with van der Waals surface area (Å²) in [5.74, 6) is -0.283. The number of aliphatic hydroxyl groups excluding tert-OH is 5. The summed E-state index contributed by atoms with van der Waals surface area (Å²) in [5, 5.41) is 53.7. The Hall–Kier alpha value is -3.15. The number of aliphatic hydroxyl groups is 5. The number of allylic oxidation sites excluding steroid dienone is 17. The average molecular weight is 726 g/mol. The van der Waals surface area contributed by atoms with Gasteiger partial charge in [0.05, 0.1) is 25.4 Å². The lowest BCUT2D eigenvalue weighted by atomic mass is 9.99. The summed E-state index contributed by atoms with van der Waals surface area (Å²) >= 11 is 0. The Morgan fingerprint density at radius 3 is 1.60 bits per heavy atom. The van der Waals surface area contributed by atoms with E-state index in [2.05, 4.69) is 104 Å². The quantitative estimate of drug-likeness (QED) is 0.0383. The van der Waals surface area contributed by atoms with E-state index in [-0.39, 0.29) is 18.9 Å². The van der Waals surface area contributed by atoms with Gasteiger partial charge in [-0.05, 0) is 77.0 Å². The Balaban J connectivity index is 2.52. The fraction of sp³-hybridized carbons (Fsp3) is 0.558. The van der Waals surface area contributed by atoms with Crippen LogP contribution in [0.3, 0.4) is 0 Å². The standard InChI is InChI=1S/C43H67NO8/c1-3-5-7-9-11-13-15-16-17-18-19-20-21-22-23-25-27-29-31-33-39(47)44-36(35-51-43-42(50)41(49)40(48)38(34-45)52-43)37(46)32-30-28-26-24-14-12-10-8-6-4-2/h5-8,11,13-14,16-17,19-20,22-24,27,29-30,32,36-38,40-43,45-46,48-50H,3-4,9-10,12,15,18,21,25-26,28,31,33-35H2,1-2H3,(H,44,47)/b7-5-,8-6+,13-11-,17-16-,20-19-,23-22-,24-14+,29-27-,32-30+. The number of rotatable bonds is 28. The van der Waals surface area contributed by atoms with Crippen molar-refractivity contribution in [1.29, 1.82) is 0 Å².